The van der Waals surface area contributed by atoms with Gasteiger partial charge in [-0.15, -0.1) is 0 Å². The molecule has 23 heavy (non-hydrogen) atoms. The lowest BCUT2D eigenvalue weighted by atomic mass is 10.2. The van der Waals surface area contributed by atoms with Gasteiger partial charge in [0, 0.05) is 13.1 Å². The highest BCUT2D eigenvalue weighted by atomic mass is 32.2. The van der Waals surface area contributed by atoms with Crippen molar-refractivity contribution in [3.8, 4) is 5.75 Å². The van der Waals surface area contributed by atoms with Crippen LogP contribution in [-0.2, 0) is 9.53 Å². The lowest BCUT2D eigenvalue weighted by Gasteiger charge is -2.29. The minimum Gasteiger partial charge on any atom is -0.497 e. The Morgan fingerprint density at radius 3 is 2.83 bits per heavy atom. The molecule has 3 rings (SSSR count). The summed E-state index contributed by atoms with van der Waals surface area (Å²) in [6.07, 6.45) is 1.73. The third-order valence-electron chi connectivity index (χ3n) is 3.71. The number of methoxy groups -OCH3 is 1. The molecule has 2 aliphatic heterocycles. The van der Waals surface area contributed by atoms with Gasteiger partial charge in [0.15, 0.2) is 0 Å². The number of carbonyl (C=O) groups excluding carboxylic acids is 2. The monoisotopic (exact) mass is 334 g/mol. The number of rotatable bonds is 4. The van der Waals surface area contributed by atoms with Crippen LogP contribution in [0.15, 0.2) is 29.2 Å². The number of carbonyl (C=O) groups is 2. The number of nitrogens with zero attached hydrogens (tertiary/aromatic N) is 2. The second kappa shape index (κ2) is 7.16. The lowest BCUT2D eigenvalue weighted by Crippen LogP contribution is -2.45. The largest absolute Gasteiger partial charge is 0.497 e. The number of ether oxygens (including phenoxy) is 2. The Balaban J connectivity index is 1.73. The van der Waals surface area contributed by atoms with E-state index < -0.39 is 0 Å². The van der Waals surface area contributed by atoms with Crippen molar-refractivity contribution in [2.75, 3.05) is 40.1 Å². The topological polar surface area (TPSA) is 59.1 Å². The van der Waals surface area contributed by atoms with E-state index in [4.69, 9.17) is 9.47 Å². The molecule has 0 unspecified atom stereocenters. The van der Waals surface area contributed by atoms with Crippen LogP contribution in [0, 0.1) is 0 Å². The van der Waals surface area contributed by atoms with E-state index >= 15 is 0 Å². The highest BCUT2D eigenvalue weighted by molar-refractivity contribution is 8.18. The van der Waals surface area contributed by atoms with Crippen LogP contribution in [0.25, 0.3) is 6.08 Å². The summed E-state index contributed by atoms with van der Waals surface area (Å²) >= 11 is 0.978. The van der Waals surface area contributed by atoms with Gasteiger partial charge in [-0.2, -0.15) is 0 Å². The summed E-state index contributed by atoms with van der Waals surface area (Å²) in [4.78, 5) is 28.4. The van der Waals surface area contributed by atoms with Crippen LogP contribution < -0.4 is 4.74 Å². The van der Waals surface area contributed by atoms with E-state index in [1.165, 1.54) is 4.90 Å². The predicted molar refractivity (Wildman–Crippen MR) is 88.1 cm³/mol. The van der Waals surface area contributed by atoms with Gasteiger partial charge >= 0.3 is 0 Å². The van der Waals surface area contributed by atoms with Crippen LogP contribution in [0.1, 0.15) is 5.56 Å². The summed E-state index contributed by atoms with van der Waals surface area (Å²) < 4.78 is 10.5. The summed E-state index contributed by atoms with van der Waals surface area (Å²) in [6, 6.07) is 7.39. The van der Waals surface area contributed by atoms with E-state index in [-0.39, 0.29) is 11.1 Å². The smallest absolute Gasteiger partial charge is 0.294 e. The third kappa shape index (κ3) is 3.74. The number of imide groups is 1. The summed E-state index contributed by atoms with van der Waals surface area (Å²) in [5.41, 5.74) is 0.834. The van der Waals surface area contributed by atoms with Gasteiger partial charge in [0.2, 0.25) is 0 Å². The number of morpholine rings is 1. The van der Waals surface area contributed by atoms with Crippen molar-refractivity contribution in [1.29, 1.82) is 0 Å². The minimum atomic E-state index is -0.241. The average molecular weight is 334 g/mol. The quantitative estimate of drug-likeness (QED) is 0.785. The molecule has 2 fully saturated rings. The van der Waals surface area contributed by atoms with Crippen LogP contribution in [0.2, 0.25) is 0 Å². The van der Waals surface area contributed by atoms with Crippen molar-refractivity contribution in [2.45, 2.75) is 0 Å². The summed E-state index contributed by atoms with van der Waals surface area (Å²) in [5.74, 6) is 0.473. The van der Waals surface area contributed by atoms with E-state index in [2.05, 4.69) is 0 Å². The zero-order valence-corrected chi connectivity index (χ0v) is 13.7. The molecule has 1 aromatic rings. The molecular weight excluding hydrogens is 316 g/mol. The van der Waals surface area contributed by atoms with Gasteiger partial charge in [0.1, 0.15) is 5.75 Å². The van der Waals surface area contributed by atoms with Gasteiger partial charge in [-0.3, -0.25) is 19.4 Å². The van der Waals surface area contributed by atoms with Gasteiger partial charge in [-0.1, -0.05) is 12.1 Å². The van der Waals surface area contributed by atoms with Gasteiger partial charge < -0.3 is 9.47 Å². The van der Waals surface area contributed by atoms with Crippen molar-refractivity contribution < 1.29 is 19.1 Å². The number of hydrogen-bond acceptors (Lipinski definition) is 6. The maximum absolute atomic E-state index is 12.5. The maximum atomic E-state index is 12.5. The molecule has 1 aromatic carbocycles. The van der Waals surface area contributed by atoms with E-state index in [9.17, 15) is 9.59 Å². The zero-order valence-electron chi connectivity index (χ0n) is 12.9. The number of amides is 2. The summed E-state index contributed by atoms with van der Waals surface area (Å²) in [5, 5.41) is -0.226. The normalized spacial score (nSPS) is 21.3. The molecule has 2 heterocycles. The first-order valence-corrected chi connectivity index (χ1v) is 8.18. The van der Waals surface area contributed by atoms with Gasteiger partial charge in [0.25, 0.3) is 11.1 Å². The number of thioether (sulfide) groups is 1. The predicted octanol–water partition coefficient (Wildman–Crippen LogP) is 2.02. The molecule has 2 amide bonds. The molecule has 0 saturated carbocycles. The minimum absolute atomic E-state index is 0.226. The third-order valence-corrected chi connectivity index (χ3v) is 4.62. The second-order valence-electron chi connectivity index (χ2n) is 5.26. The first kappa shape index (κ1) is 16.0. The molecule has 0 aliphatic carbocycles. The highest BCUT2D eigenvalue weighted by Gasteiger charge is 2.36. The Hall–Kier alpha value is -1.83. The molecule has 0 aromatic heterocycles. The zero-order chi connectivity index (χ0) is 16.2. The van der Waals surface area contributed by atoms with E-state index in [1.54, 1.807) is 13.2 Å². The molecule has 0 spiro atoms. The fraction of sp³-hybridized carbons (Fsp3) is 0.375. The van der Waals surface area contributed by atoms with Crippen molar-refractivity contribution in [3.05, 3.63) is 34.7 Å². The number of hydrogen-bond donors (Lipinski definition) is 0. The standard InChI is InChI=1S/C16H18N2O4S/c1-21-13-4-2-3-12(9-13)10-14-15(19)18(16(20)23-14)11-17-5-7-22-8-6-17/h2-4,9-10H,5-8,11H2,1H3. The fourth-order valence-electron chi connectivity index (χ4n) is 2.45. The molecule has 0 radical (unpaired) electrons. The van der Waals surface area contributed by atoms with Gasteiger partial charge in [0.05, 0.1) is 31.9 Å². The average Bonchev–Trinajstić information content (AvgIpc) is 2.83. The molecule has 122 valence electrons. The van der Waals surface area contributed by atoms with Crippen LogP contribution >= 0.6 is 11.8 Å². The van der Waals surface area contributed by atoms with E-state index in [1.807, 2.05) is 29.2 Å². The second-order valence-corrected chi connectivity index (χ2v) is 6.25. The molecule has 2 saturated heterocycles. The molecule has 0 atom stereocenters. The van der Waals surface area contributed by atoms with E-state index in [0.717, 1.165) is 30.4 Å². The fourth-order valence-corrected chi connectivity index (χ4v) is 3.28. The number of benzene rings is 1. The highest BCUT2D eigenvalue weighted by Crippen LogP contribution is 2.32. The molecule has 0 bridgehead atoms. The molecular formula is C16H18N2O4S. The van der Waals surface area contributed by atoms with E-state index in [0.29, 0.717) is 30.5 Å². The van der Waals surface area contributed by atoms with Crippen LogP contribution in [0.4, 0.5) is 4.79 Å². The Kier molecular flexibility index (Phi) is 5.00. The SMILES string of the molecule is COc1cccc(C=C2SC(=O)N(CN3CCOCC3)C2=O)c1. The Morgan fingerprint density at radius 1 is 1.30 bits per heavy atom. The Labute approximate surface area is 139 Å². The van der Waals surface area contributed by atoms with Crippen LogP contribution in [0.3, 0.4) is 0 Å². The Bertz CT molecular complexity index is 641. The lowest BCUT2D eigenvalue weighted by molar-refractivity contribution is -0.125. The van der Waals surface area contributed by atoms with Crippen LogP contribution in [0.5, 0.6) is 5.75 Å². The summed E-state index contributed by atoms with van der Waals surface area (Å²) in [6.45, 7) is 3.06. The van der Waals surface area contributed by atoms with Crippen molar-refractivity contribution >= 4 is 29.0 Å². The van der Waals surface area contributed by atoms with Gasteiger partial charge in [-0.25, -0.2) is 0 Å². The van der Waals surface area contributed by atoms with Crippen molar-refractivity contribution in [2.24, 2.45) is 0 Å². The van der Waals surface area contributed by atoms with Crippen molar-refractivity contribution in [1.82, 2.24) is 9.80 Å². The first-order valence-electron chi connectivity index (χ1n) is 7.37. The van der Waals surface area contributed by atoms with Crippen LogP contribution in [-0.4, -0.2) is 61.0 Å². The van der Waals surface area contributed by atoms with Gasteiger partial charge in [-0.05, 0) is 35.5 Å². The summed E-state index contributed by atoms with van der Waals surface area (Å²) in [7, 11) is 1.59. The molecule has 2 aliphatic rings. The molecule has 0 N–H and O–H groups in total. The molecule has 7 heteroatoms. The Morgan fingerprint density at radius 2 is 2.09 bits per heavy atom. The van der Waals surface area contributed by atoms with Crippen molar-refractivity contribution in [3.63, 3.8) is 0 Å². The maximum Gasteiger partial charge on any atom is 0.294 e. The first-order chi connectivity index (χ1) is 11.2. The molecule has 6 nitrogen and oxygen atoms in total.